The van der Waals surface area contributed by atoms with Crippen LogP contribution in [0, 0.1) is 0 Å². The minimum atomic E-state index is -1.07. The molecule has 0 heterocycles. The number of carbonyl (C=O) groups excluding carboxylic acids is 1. The molecule has 0 fully saturated rings. The van der Waals surface area contributed by atoms with Gasteiger partial charge in [0.05, 0.1) is 14.5 Å². The van der Waals surface area contributed by atoms with Crippen LogP contribution < -0.4 is 9.47 Å². The lowest BCUT2D eigenvalue weighted by molar-refractivity contribution is -0.136. The van der Waals surface area contributed by atoms with Gasteiger partial charge in [-0.15, -0.1) is 0 Å². The lowest BCUT2D eigenvalue weighted by Crippen LogP contribution is -2.18. The van der Waals surface area contributed by atoms with E-state index in [1.807, 2.05) is 0 Å². The van der Waals surface area contributed by atoms with E-state index < -0.39 is 11.9 Å². The van der Waals surface area contributed by atoms with Crippen molar-refractivity contribution in [1.29, 1.82) is 0 Å². The van der Waals surface area contributed by atoms with Crippen LogP contribution in [0.15, 0.2) is 45.3 Å². The predicted molar refractivity (Wildman–Crippen MR) is 91.4 cm³/mol. The van der Waals surface area contributed by atoms with Crippen LogP contribution in [0.5, 0.6) is 11.5 Å². The van der Waals surface area contributed by atoms with Crippen molar-refractivity contribution in [2.24, 2.45) is 0 Å². The van der Waals surface area contributed by atoms with Gasteiger partial charge in [0.2, 0.25) is 0 Å². The zero-order valence-electron chi connectivity index (χ0n) is 11.4. The number of ether oxygens (including phenoxy) is 2. The van der Waals surface area contributed by atoms with Gasteiger partial charge in [-0.1, -0.05) is 11.6 Å². The number of hydrogen-bond acceptors (Lipinski definition) is 4. The number of esters is 1. The zero-order valence-corrected chi connectivity index (χ0v) is 15.3. The van der Waals surface area contributed by atoms with E-state index in [9.17, 15) is 9.59 Å². The van der Waals surface area contributed by atoms with E-state index in [2.05, 4.69) is 31.9 Å². The van der Waals surface area contributed by atoms with Gasteiger partial charge in [-0.3, -0.25) is 0 Å². The van der Waals surface area contributed by atoms with Crippen molar-refractivity contribution >= 4 is 55.4 Å². The fourth-order valence-corrected chi connectivity index (χ4v) is 2.85. The normalized spacial score (nSPS) is 10.2. The van der Waals surface area contributed by atoms with Crippen molar-refractivity contribution in [2.75, 3.05) is 6.61 Å². The van der Waals surface area contributed by atoms with Crippen LogP contribution in [-0.2, 0) is 4.79 Å². The summed E-state index contributed by atoms with van der Waals surface area (Å²) in [5, 5.41) is 9.41. The third-order valence-electron chi connectivity index (χ3n) is 2.64. The SMILES string of the molecule is O=C(COc1ccc(Cl)cc1Br)Oc1ccc(C(=O)O)cc1Br. The van der Waals surface area contributed by atoms with Gasteiger partial charge in [0.15, 0.2) is 6.61 Å². The summed E-state index contributed by atoms with van der Waals surface area (Å²) in [5.41, 5.74) is 0.0815. The van der Waals surface area contributed by atoms with Crippen LogP contribution in [0.4, 0.5) is 0 Å². The van der Waals surface area contributed by atoms with E-state index in [-0.39, 0.29) is 17.9 Å². The molecule has 0 aliphatic carbocycles. The van der Waals surface area contributed by atoms with Crippen LogP contribution in [0.1, 0.15) is 10.4 Å². The molecule has 2 aromatic carbocycles. The van der Waals surface area contributed by atoms with E-state index in [0.717, 1.165) is 0 Å². The molecule has 2 aromatic rings. The molecule has 5 nitrogen and oxygen atoms in total. The first kappa shape index (κ1) is 17.8. The Hall–Kier alpha value is -1.57. The van der Waals surface area contributed by atoms with Crippen LogP contribution in [0.25, 0.3) is 0 Å². The summed E-state index contributed by atoms with van der Waals surface area (Å²) in [6.45, 7) is -0.312. The number of benzene rings is 2. The Kier molecular flexibility index (Phi) is 6.04. The molecular weight excluding hydrogens is 455 g/mol. The van der Waals surface area contributed by atoms with E-state index in [1.165, 1.54) is 18.2 Å². The number of carboxylic acids is 1. The number of hydrogen-bond donors (Lipinski definition) is 1. The molecule has 0 unspecified atom stereocenters. The van der Waals surface area contributed by atoms with Gasteiger partial charge in [0, 0.05) is 5.02 Å². The Balaban J connectivity index is 1.98. The smallest absolute Gasteiger partial charge is 0.349 e. The van der Waals surface area contributed by atoms with Crippen molar-refractivity contribution in [2.45, 2.75) is 0 Å². The first-order valence-electron chi connectivity index (χ1n) is 6.18. The van der Waals surface area contributed by atoms with Crippen molar-refractivity contribution in [3.05, 3.63) is 55.9 Å². The van der Waals surface area contributed by atoms with Crippen molar-refractivity contribution in [1.82, 2.24) is 0 Å². The van der Waals surface area contributed by atoms with E-state index in [0.29, 0.717) is 19.7 Å². The number of carbonyl (C=O) groups is 2. The standard InChI is InChI=1S/C15H9Br2ClO5/c16-10-5-8(15(20)21)1-3-13(10)23-14(19)7-22-12-4-2-9(18)6-11(12)17/h1-6H,7H2,(H,20,21). The Morgan fingerprint density at radius 1 is 1.04 bits per heavy atom. The van der Waals surface area contributed by atoms with Crippen molar-refractivity contribution < 1.29 is 24.2 Å². The second-order valence-electron chi connectivity index (χ2n) is 4.29. The van der Waals surface area contributed by atoms with Gasteiger partial charge in [-0.25, -0.2) is 9.59 Å². The molecule has 0 spiro atoms. The topological polar surface area (TPSA) is 72.8 Å². The first-order chi connectivity index (χ1) is 10.9. The predicted octanol–water partition coefficient (Wildman–Crippen LogP) is 4.55. The fraction of sp³-hybridized carbons (Fsp3) is 0.0667. The fourth-order valence-electron chi connectivity index (χ4n) is 1.60. The third kappa shape index (κ3) is 4.95. The second-order valence-corrected chi connectivity index (χ2v) is 6.43. The molecule has 0 aliphatic heterocycles. The maximum Gasteiger partial charge on any atom is 0.349 e. The van der Waals surface area contributed by atoms with Crippen LogP contribution >= 0.6 is 43.5 Å². The number of halogens is 3. The van der Waals surface area contributed by atoms with E-state index >= 15 is 0 Å². The van der Waals surface area contributed by atoms with Gasteiger partial charge in [0.25, 0.3) is 0 Å². The van der Waals surface area contributed by atoms with Gasteiger partial charge < -0.3 is 14.6 Å². The van der Waals surface area contributed by atoms with E-state index in [4.69, 9.17) is 26.2 Å². The molecule has 0 aliphatic rings. The summed E-state index contributed by atoms with van der Waals surface area (Å²) in [4.78, 5) is 22.6. The maximum atomic E-state index is 11.8. The molecule has 0 amide bonds. The van der Waals surface area contributed by atoms with Crippen LogP contribution in [0.2, 0.25) is 5.02 Å². The Morgan fingerprint density at radius 3 is 2.30 bits per heavy atom. The monoisotopic (exact) mass is 462 g/mol. The number of rotatable bonds is 5. The van der Waals surface area contributed by atoms with Crippen molar-refractivity contribution in [3.63, 3.8) is 0 Å². The summed E-state index contributed by atoms with van der Waals surface area (Å²) in [5.74, 6) is -1.04. The second kappa shape index (κ2) is 7.81. The Labute approximate surface area is 153 Å². The van der Waals surface area contributed by atoms with Gasteiger partial charge >= 0.3 is 11.9 Å². The lowest BCUT2D eigenvalue weighted by Gasteiger charge is -2.09. The highest BCUT2D eigenvalue weighted by Crippen LogP contribution is 2.29. The molecule has 0 atom stereocenters. The Morgan fingerprint density at radius 2 is 1.70 bits per heavy atom. The third-order valence-corrected chi connectivity index (χ3v) is 4.12. The highest BCUT2D eigenvalue weighted by Gasteiger charge is 2.12. The van der Waals surface area contributed by atoms with E-state index in [1.54, 1.807) is 18.2 Å². The minimum Gasteiger partial charge on any atom is -0.481 e. The molecule has 8 heteroatoms. The molecule has 1 N–H and O–H groups in total. The summed E-state index contributed by atoms with van der Waals surface area (Å²) in [7, 11) is 0. The Bertz CT molecular complexity index is 764. The average molecular weight is 464 g/mol. The molecule has 2 rings (SSSR count). The summed E-state index contributed by atoms with van der Waals surface area (Å²) in [6, 6.07) is 8.98. The molecule has 0 saturated heterocycles. The molecule has 0 aromatic heterocycles. The van der Waals surface area contributed by atoms with Gasteiger partial charge in [-0.2, -0.15) is 0 Å². The minimum absolute atomic E-state index is 0.0815. The van der Waals surface area contributed by atoms with Crippen molar-refractivity contribution in [3.8, 4) is 11.5 Å². The highest BCUT2D eigenvalue weighted by atomic mass is 79.9. The molecular formula is C15H9Br2ClO5. The van der Waals surface area contributed by atoms with Gasteiger partial charge in [-0.05, 0) is 68.3 Å². The molecule has 0 radical (unpaired) electrons. The largest absolute Gasteiger partial charge is 0.481 e. The summed E-state index contributed by atoms with van der Waals surface area (Å²) >= 11 is 12.2. The average Bonchev–Trinajstić information content (AvgIpc) is 2.48. The zero-order chi connectivity index (χ0) is 17.0. The number of aromatic carboxylic acids is 1. The van der Waals surface area contributed by atoms with Crippen LogP contribution in [0.3, 0.4) is 0 Å². The van der Waals surface area contributed by atoms with Gasteiger partial charge in [0.1, 0.15) is 11.5 Å². The summed E-state index contributed by atoms with van der Waals surface area (Å²) in [6.07, 6.45) is 0. The quantitative estimate of drug-likeness (QED) is 0.519. The number of carboxylic acid groups (broad SMARTS) is 1. The van der Waals surface area contributed by atoms with Crippen LogP contribution in [-0.4, -0.2) is 23.7 Å². The molecule has 0 saturated carbocycles. The highest BCUT2D eigenvalue weighted by molar-refractivity contribution is 9.10. The maximum absolute atomic E-state index is 11.8. The lowest BCUT2D eigenvalue weighted by atomic mass is 10.2. The molecule has 0 bridgehead atoms. The molecule has 23 heavy (non-hydrogen) atoms. The first-order valence-corrected chi connectivity index (χ1v) is 8.14. The molecule has 120 valence electrons. The summed E-state index contributed by atoms with van der Waals surface area (Å²) < 4.78 is 11.4.